The van der Waals surface area contributed by atoms with Crippen LogP contribution in [0.15, 0.2) is 0 Å². The summed E-state index contributed by atoms with van der Waals surface area (Å²) in [6.45, 7) is 9.09. The molecule has 0 atom stereocenters. The van der Waals surface area contributed by atoms with Crippen LogP contribution in [-0.4, -0.2) is 24.7 Å². The molecule has 0 saturated heterocycles. The lowest BCUT2D eigenvalue weighted by Crippen LogP contribution is -2.31. The highest BCUT2D eigenvalue weighted by Crippen LogP contribution is 2.06. The third-order valence-electron chi connectivity index (χ3n) is 2.15. The number of nitrogens with one attached hydrogen (secondary N) is 1. The second-order valence-corrected chi connectivity index (χ2v) is 5.18. The fourth-order valence-corrected chi connectivity index (χ4v) is 1.42. The van der Waals surface area contributed by atoms with Crippen molar-refractivity contribution in [1.29, 1.82) is 0 Å². The Bertz CT molecular complexity index is 185. The van der Waals surface area contributed by atoms with Crippen molar-refractivity contribution in [1.82, 2.24) is 5.32 Å². The van der Waals surface area contributed by atoms with Crippen molar-refractivity contribution in [2.45, 2.75) is 65.4 Å². The maximum absolute atomic E-state index is 11.3. The Morgan fingerprint density at radius 2 is 1.75 bits per heavy atom. The lowest BCUT2D eigenvalue weighted by Gasteiger charge is -2.19. The third-order valence-corrected chi connectivity index (χ3v) is 2.15. The van der Waals surface area contributed by atoms with E-state index in [1.54, 1.807) is 0 Å². The van der Waals surface area contributed by atoms with Crippen molar-refractivity contribution >= 4 is 5.97 Å². The molecular formula is C13H27NO2. The number of ether oxygens (including phenoxy) is 1. The summed E-state index contributed by atoms with van der Waals surface area (Å²) in [4.78, 5) is 11.3. The molecule has 1 N–H and O–H groups in total. The van der Waals surface area contributed by atoms with E-state index in [1.807, 2.05) is 20.8 Å². The summed E-state index contributed by atoms with van der Waals surface area (Å²) in [7, 11) is 0. The van der Waals surface area contributed by atoms with Gasteiger partial charge in [-0.25, -0.2) is 0 Å². The van der Waals surface area contributed by atoms with Crippen LogP contribution >= 0.6 is 0 Å². The minimum absolute atomic E-state index is 0.166. The lowest BCUT2D eigenvalue weighted by atomic mass is 10.1. The number of unbranched alkanes of at least 4 members (excludes halogenated alkanes) is 4. The maximum atomic E-state index is 11.3. The zero-order valence-electron chi connectivity index (χ0n) is 11.3. The van der Waals surface area contributed by atoms with Crippen LogP contribution < -0.4 is 5.32 Å². The van der Waals surface area contributed by atoms with Crippen molar-refractivity contribution in [2.24, 2.45) is 0 Å². The van der Waals surface area contributed by atoms with Gasteiger partial charge in [0.05, 0.1) is 6.54 Å². The molecule has 0 heterocycles. The van der Waals surface area contributed by atoms with Crippen LogP contribution in [0, 0.1) is 0 Å². The standard InChI is InChI=1S/C13H27NO2/c1-5-6-7-8-9-10-14-11-12(15)16-13(2,3)4/h14H,5-11H2,1-4H3. The summed E-state index contributed by atoms with van der Waals surface area (Å²) in [5.41, 5.74) is -0.375. The van der Waals surface area contributed by atoms with Gasteiger partial charge in [0.25, 0.3) is 0 Å². The van der Waals surface area contributed by atoms with Gasteiger partial charge in [-0.3, -0.25) is 4.79 Å². The zero-order valence-corrected chi connectivity index (χ0v) is 11.3. The smallest absolute Gasteiger partial charge is 0.320 e. The van der Waals surface area contributed by atoms with Crippen molar-refractivity contribution in [2.75, 3.05) is 13.1 Å². The van der Waals surface area contributed by atoms with E-state index in [1.165, 1.54) is 25.7 Å². The van der Waals surface area contributed by atoms with E-state index >= 15 is 0 Å². The van der Waals surface area contributed by atoms with E-state index < -0.39 is 0 Å². The zero-order chi connectivity index (χ0) is 12.4. The molecule has 0 unspecified atom stereocenters. The fourth-order valence-electron chi connectivity index (χ4n) is 1.42. The molecule has 96 valence electrons. The first kappa shape index (κ1) is 15.4. The van der Waals surface area contributed by atoms with E-state index in [-0.39, 0.29) is 11.6 Å². The van der Waals surface area contributed by atoms with Gasteiger partial charge in [0, 0.05) is 0 Å². The Morgan fingerprint density at radius 1 is 1.12 bits per heavy atom. The van der Waals surface area contributed by atoms with Crippen LogP contribution in [0.3, 0.4) is 0 Å². The Labute approximate surface area is 99.9 Å². The van der Waals surface area contributed by atoms with E-state index in [2.05, 4.69) is 12.2 Å². The molecule has 0 rings (SSSR count). The molecule has 0 saturated carbocycles. The maximum Gasteiger partial charge on any atom is 0.320 e. The number of carbonyl (C=O) groups excluding carboxylic acids is 1. The van der Waals surface area contributed by atoms with Crippen LogP contribution in [0.25, 0.3) is 0 Å². The van der Waals surface area contributed by atoms with Gasteiger partial charge in [0.15, 0.2) is 0 Å². The average Bonchev–Trinajstić information content (AvgIpc) is 2.13. The van der Waals surface area contributed by atoms with Crippen LogP contribution in [0.4, 0.5) is 0 Å². The summed E-state index contributed by atoms with van der Waals surface area (Å²) in [6.07, 6.45) is 6.26. The van der Waals surface area contributed by atoms with E-state index in [9.17, 15) is 4.79 Å². The summed E-state index contributed by atoms with van der Waals surface area (Å²) in [5, 5.41) is 3.11. The molecule has 0 fully saturated rings. The van der Waals surface area contributed by atoms with Gasteiger partial charge < -0.3 is 10.1 Å². The second-order valence-electron chi connectivity index (χ2n) is 5.18. The predicted octanol–water partition coefficient (Wildman–Crippen LogP) is 2.89. The van der Waals surface area contributed by atoms with Crippen molar-refractivity contribution < 1.29 is 9.53 Å². The van der Waals surface area contributed by atoms with Crippen LogP contribution in [0.5, 0.6) is 0 Å². The first-order valence-corrected chi connectivity index (χ1v) is 6.38. The molecular weight excluding hydrogens is 202 g/mol. The van der Waals surface area contributed by atoms with E-state index in [0.29, 0.717) is 6.54 Å². The number of rotatable bonds is 8. The molecule has 0 aliphatic rings. The quantitative estimate of drug-likeness (QED) is 0.514. The molecule has 16 heavy (non-hydrogen) atoms. The number of hydrogen-bond acceptors (Lipinski definition) is 3. The Hall–Kier alpha value is -0.570. The molecule has 0 spiro atoms. The minimum Gasteiger partial charge on any atom is -0.459 e. The fraction of sp³-hybridized carbons (Fsp3) is 0.923. The number of esters is 1. The van der Waals surface area contributed by atoms with Gasteiger partial charge in [-0.05, 0) is 33.7 Å². The molecule has 0 aliphatic heterocycles. The first-order valence-electron chi connectivity index (χ1n) is 6.38. The largest absolute Gasteiger partial charge is 0.459 e. The molecule has 0 amide bonds. The van der Waals surface area contributed by atoms with Gasteiger partial charge in [0.2, 0.25) is 0 Å². The number of hydrogen-bond donors (Lipinski definition) is 1. The van der Waals surface area contributed by atoms with Gasteiger partial charge in [-0.15, -0.1) is 0 Å². The van der Waals surface area contributed by atoms with Crippen molar-refractivity contribution in [3.8, 4) is 0 Å². The topological polar surface area (TPSA) is 38.3 Å². The molecule has 0 aromatic rings. The van der Waals surface area contributed by atoms with Crippen molar-refractivity contribution in [3.05, 3.63) is 0 Å². The van der Waals surface area contributed by atoms with Gasteiger partial charge >= 0.3 is 5.97 Å². The molecule has 0 aliphatic carbocycles. The normalized spacial score (nSPS) is 11.5. The van der Waals surface area contributed by atoms with Crippen molar-refractivity contribution in [3.63, 3.8) is 0 Å². The SMILES string of the molecule is CCCCCCCNCC(=O)OC(C)(C)C. The van der Waals surface area contributed by atoms with Gasteiger partial charge in [-0.2, -0.15) is 0 Å². The molecule has 3 heteroatoms. The Balaban J connectivity index is 3.28. The minimum atomic E-state index is -0.375. The third kappa shape index (κ3) is 11.5. The van der Waals surface area contributed by atoms with E-state index in [0.717, 1.165) is 13.0 Å². The molecule has 0 bridgehead atoms. The highest BCUT2D eigenvalue weighted by Gasteiger charge is 2.15. The molecule has 0 aromatic carbocycles. The molecule has 0 radical (unpaired) electrons. The first-order chi connectivity index (χ1) is 7.45. The second kappa shape index (κ2) is 8.57. The lowest BCUT2D eigenvalue weighted by molar-refractivity contribution is -0.153. The predicted molar refractivity (Wildman–Crippen MR) is 67.5 cm³/mol. The summed E-state index contributed by atoms with van der Waals surface area (Å²) in [5.74, 6) is -0.166. The number of carbonyl (C=O) groups is 1. The summed E-state index contributed by atoms with van der Waals surface area (Å²) in [6, 6.07) is 0. The Kier molecular flexibility index (Phi) is 8.26. The summed E-state index contributed by atoms with van der Waals surface area (Å²) < 4.78 is 5.18. The Morgan fingerprint density at radius 3 is 2.31 bits per heavy atom. The van der Waals surface area contributed by atoms with Crippen LogP contribution in [-0.2, 0) is 9.53 Å². The average molecular weight is 229 g/mol. The molecule has 0 aromatic heterocycles. The van der Waals surface area contributed by atoms with Gasteiger partial charge in [0.1, 0.15) is 5.60 Å². The monoisotopic (exact) mass is 229 g/mol. The van der Waals surface area contributed by atoms with Gasteiger partial charge in [-0.1, -0.05) is 32.6 Å². The highest BCUT2D eigenvalue weighted by atomic mass is 16.6. The van der Waals surface area contributed by atoms with Crippen LogP contribution in [0.2, 0.25) is 0 Å². The molecule has 3 nitrogen and oxygen atoms in total. The van der Waals surface area contributed by atoms with E-state index in [4.69, 9.17) is 4.74 Å². The summed E-state index contributed by atoms with van der Waals surface area (Å²) >= 11 is 0. The highest BCUT2D eigenvalue weighted by molar-refractivity contribution is 5.72. The van der Waals surface area contributed by atoms with Crippen LogP contribution in [0.1, 0.15) is 59.8 Å².